The monoisotopic (exact) mass is 248 g/mol. The highest BCUT2D eigenvalue weighted by atomic mass is 35.7. The van der Waals surface area contributed by atoms with E-state index in [4.69, 9.17) is 15.4 Å². The molecular weight excluding hydrogens is 236 g/mol. The Morgan fingerprint density at radius 2 is 2.07 bits per heavy atom. The maximum atomic E-state index is 10.8. The molecule has 0 bridgehead atoms. The van der Waals surface area contributed by atoms with Gasteiger partial charge in [0.15, 0.2) is 0 Å². The number of halogens is 1. The summed E-state index contributed by atoms with van der Waals surface area (Å²) in [6, 6.07) is 5.64. The van der Waals surface area contributed by atoms with E-state index in [9.17, 15) is 8.42 Å². The van der Waals surface area contributed by atoms with Gasteiger partial charge in [0.25, 0.3) is 0 Å². The van der Waals surface area contributed by atoms with Crippen molar-refractivity contribution in [3.05, 3.63) is 29.3 Å². The fourth-order valence-electron chi connectivity index (χ4n) is 1.29. The molecule has 0 unspecified atom stereocenters. The number of methoxy groups -OCH3 is 1. The van der Waals surface area contributed by atoms with Crippen LogP contribution in [0.25, 0.3) is 0 Å². The molecule has 0 spiro atoms. The van der Waals surface area contributed by atoms with Gasteiger partial charge in [-0.15, -0.1) is 0 Å². The van der Waals surface area contributed by atoms with E-state index in [2.05, 4.69) is 0 Å². The van der Waals surface area contributed by atoms with Crippen LogP contribution in [0, 0.1) is 6.92 Å². The zero-order chi connectivity index (χ0) is 11.5. The minimum absolute atomic E-state index is 0.0754. The van der Waals surface area contributed by atoms with Crippen LogP contribution < -0.4 is 4.74 Å². The molecule has 0 atom stereocenters. The van der Waals surface area contributed by atoms with Gasteiger partial charge in [0.2, 0.25) is 9.05 Å². The molecule has 3 nitrogen and oxygen atoms in total. The van der Waals surface area contributed by atoms with Crippen LogP contribution in [0.3, 0.4) is 0 Å². The predicted octanol–water partition coefficient (Wildman–Crippen LogP) is 2.11. The highest BCUT2D eigenvalue weighted by Crippen LogP contribution is 2.21. The molecule has 0 amide bonds. The summed E-state index contributed by atoms with van der Waals surface area (Å²) in [5.74, 6) is 0.629. The molecule has 0 heterocycles. The minimum atomic E-state index is -3.44. The van der Waals surface area contributed by atoms with Crippen molar-refractivity contribution >= 4 is 19.7 Å². The second-order valence-corrected chi connectivity index (χ2v) is 6.20. The van der Waals surface area contributed by atoms with Gasteiger partial charge in [-0.2, -0.15) is 0 Å². The van der Waals surface area contributed by atoms with Crippen molar-refractivity contribution < 1.29 is 13.2 Å². The lowest BCUT2D eigenvalue weighted by Gasteiger charge is -2.08. The third-order valence-corrected chi connectivity index (χ3v) is 3.21. The molecule has 0 fully saturated rings. The fraction of sp³-hybridized carbons (Fsp3) is 0.400. The zero-order valence-electron chi connectivity index (χ0n) is 8.66. The predicted molar refractivity (Wildman–Crippen MR) is 61.1 cm³/mol. The van der Waals surface area contributed by atoms with Crippen LogP contribution in [0.15, 0.2) is 18.2 Å². The molecule has 1 aromatic rings. The van der Waals surface area contributed by atoms with Crippen molar-refractivity contribution in [1.82, 2.24) is 0 Å². The molecule has 1 aromatic carbocycles. The van der Waals surface area contributed by atoms with Gasteiger partial charge in [-0.25, -0.2) is 8.42 Å². The number of hydrogen-bond acceptors (Lipinski definition) is 3. The summed E-state index contributed by atoms with van der Waals surface area (Å²) in [6.07, 6.45) is 0.370. The maximum Gasteiger partial charge on any atom is 0.232 e. The van der Waals surface area contributed by atoms with Crippen molar-refractivity contribution in [2.45, 2.75) is 13.3 Å². The van der Waals surface area contributed by atoms with Gasteiger partial charge in [-0.3, -0.25) is 0 Å². The molecule has 0 saturated heterocycles. The topological polar surface area (TPSA) is 43.4 Å². The average Bonchev–Trinajstić information content (AvgIpc) is 2.14. The van der Waals surface area contributed by atoms with E-state index in [1.54, 1.807) is 7.11 Å². The van der Waals surface area contributed by atoms with Gasteiger partial charge in [0.05, 0.1) is 12.9 Å². The molecule has 0 aliphatic rings. The van der Waals surface area contributed by atoms with Crippen LogP contribution in [0.2, 0.25) is 0 Å². The molecule has 0 saturated carbocycles. The van der Waals surface area contributed by atoms with E-state index >= 15 is 0 Å². The van der Waals surface area contributed by atoms with Crippen molar-refractivity contribution in [3.63, 3.8) is 0 Å². The SMILES string of the molecule is COc1cc(C)ccc1CCS(=O)(=O)Cl. The molecule has 5 heteroatoms. The van der Waals surface area contributed by atoms with Crippen LogP contribution in [0.4, 0.5) is 0 Å². The van der Waals surface area contributed by atoms with Gasteiger partial charge < -0.3 is 4.74 Å². The Hall–Kier alpha value is -0.740. The Balaban J connectivity index is 2.85. The van der Waals surface area contributed by atoms with Crippen molar-refractivity contribution in [2.24, 2.45) is 0 Å². The molecule has 0 aromatic heterocycles. The molecule has 15 heavy (non-hydrogen) atoms. The molecule has 0 aliphatic heterocycles. The van der Waals surface area contributed by atoms with Gasteiger partial charge in [-0.1, -0.05) is 12.1 Å². The molecule has 1 rings (SSSR count). The standard InChI is InChI=1S/C10H13ClO3S/c1-8-3-4-9(10(7-8)14-2)5-6-15(11,12)13/h3-4,7H,5-6H2,1-2H3. The first-order valence-corrected chi connectivity index (χ1v) is 6.96. The maximum absolute atomic E-state index is 10.8. The summed E-state index contributed by atoms with van der Waals surface area (Å²) in [5, 5.41) is 0. The lowest BCUT2D eigenvalue weighted by molar-refractivity contribution is 0.410. The average molecular weight is 249 g/mol. The minimum Gasteiger partial charge on any atom is -0.496 e. The van der Waals surface area contributed by atoms with Crippen LogP contribution in [-0.2, 0) is 15.5 Å². The second kappa shape index (κ2) is 4.86. The third kappa shape index (κ3) is 4.10. The molecule has 0 aliphatic carbocycles. The summed E-state index contributed by atoms with van der Waals surface area (Å²) in [6.45, 7) is 1.95. The summed E-state index contributed by atoms with van der Waals surface area (Å²) < 4.78 is 26.7. The van der Waals surface area contributed by atoms with E-state index in [0.717, 1.165) is 11.1 Å². The third-order valence-electron chi connectivity index (χ3n) is 2.06. The lowest BCUT2D eigenvalue weighted by atomic mass is 10.1. The quantitative estimate of drug-likeness (QED) is 0.767. The molecular formula is C10H13ClO3S. The Labute approximate surface area is 94.4 Å². The van der Waals surface area contributed by atoms with Crippen LogP contribution >= 0.6 is 10.7 Å². The first kappa shape index (κ1) is 12.3. The first-order chi connectivity index (χ1) is 6.92. The smallest absolute Gasteiger partial charge is 0.232 e. The number of hydrogen-bond donors (Lipinski definition) is 0. The van der Waals surface area contributed by atoms with Crippen LogP contribution in [0.1, 0.15) is 11.1 Å². The van der Waals surface area contributed by atoms with E-state index < -0.39 is 9.05 Å². The van der Waals surface area contributed by atoms with Gasteiger partial charge in [0.1, 0.15) is 5.75 Å². The van der Waals surface area contributed by atoms with E-state index in [-0.39, 0.29) is 5.75 Å². The number of ether oxygens (including phenoxy) is 1. The van der Waals surface area contributed by atoms with Gasteiger partial charge in [-0.05, 0) is 30.5 Å². The highest BCUT2D eigenvalue weighted by molar-refractivity contribution is 8.13. The second-order valence-electron chi connectivity index (χ2n) is 3.31. The number of benzene rings is 1. The Bertz CT molecular complexity index is 440. The molecule has 0 radical (unpaired) electrons. The normalized spacial score (nSPS) is 11.4. The summed E-state index contributed by atoms with van der Waals surface area (Å²) >= 11 is 0. The summed E-state index contributed by atoms with van der Waals surface area (Å²) in [5.41, 5.74) is 1.93. The van der Waals surface area contributed by atoms with Gasteiger partial charge in [0, 0.05) is 10.7 Å². The Morgan fingerprint density at radius 3 is 2.60 bits per heavy atom. The summed E-state index contributed by atoms with van der Waals surface area (Å²) in [4.78, 5) is 0. The van der Waals surface area contributed by atoms with Crippen molar-refractivity contribution in [2.75, 3.05) is 12.9 Å². The van der Waals surface area contributed by atoms with Crippen molar-refractivity contribution in [1.29, 1.82) is 0 Å². The lowest BCUT2D eigenvalue weighted by Crippen LogP contribution is -2.02. The van der Waals surface area contributed by atoms with Gasteiger partial charge >= 0.3 is 0 Å². The Morgan fingerprint density at radius 1 is 1.40 bits per heavy atom. The zero-order valence-corrected chi connectivity index (χ0v) is 10.2. The Kier molecular flexibility index (Phi) is 3.99. The molecule has 0 N–H and O–H groups in total. The van der Waals surface area contributed by atoms with Crippen molar-refractivity contribution in [3.8, 4) is 5.75 Å². The summed E-state index contributed by atoms with van der Waals surface area (Å²) in [7, 11) is 3.26. The van der Waals surface area contributed by atoms with Crippen LogP contribution in [-0.4, -0.2) is 21.3 Å². The first-order valence-electron chi connectivity index (χ1n) is 4.48. The number of aryl methyl sites for hydroxylation is 2. The molecule has 84 valence electrons. The largest absolute Gasteiger partial charge is 0.496 e. The number of rotatable bonds is 4. The highest BCUT2D eigenvalue weighted by Gasteiger charge is 2.09. The van der Waals surface area contributed by atoms with Crippen LogP contribution in [0.5, 0.6) is 5.75 Å². The van der Waals surface area contributed by atoms with E-state index in [0.29, 0.717) is 12.2 Å². The van der Waals surface area contributed by atoms with E-state index in [1.807, 2.05) is 25.1 Å². The van der Waals surface area contributed by atoms with E-state index in [1.165, 1.54) is 0 Å². The fourth-order valence-corrected chi connectivity index (χ4v) is 1.99.